The number of phenolic OH excluding ortho intramolecular Hbond substituents is 1. The lowest BCUT2D eigenvalue weighted by atomic mass is 9.74. The minimum atomic E-state index is 0.163. The molecule has 27 heavy (non-hydrogen) atoms. The predicted octanol–water partition coefficient (Wildman–Crippen LogP) is 2.10. The summed E-state index contributed by atoms with van der Waals surface area (Å²) >= 11 is 1.52. The third kappa shape index (κ3) is 3.42. The van der Waals surface area contributed by atoms with Crippen LogP contribution in [0.5, 0.6) is 5.75 Å². The van der Waals surface area contributed by atoms with Crippen LogP contribution in [0.4, 0.5) is 5.13 Å². The minimum Gasteiger partial charge on any atom is -0.507 e. The Morgan fingerprint density at radius 1 is 1.41 bits per heavy atom. The van der Waals surface area contributed by atoms with Gasteiger partial charge in [-0.3, -0.25) is 4.99 Å². The van der Waals surface area contributed by atoms with E-state index < -0.39 is 0 Å². The van der Waals surface area contributed by atoms with Gasteiger partial charge in [-0.1, -0.05) is 17.4 Å². The summed E-state index contributed by atoms with van der Waals surface area (Å²) in [6.45, 7) is 4.28. The zero-order valence-electron chi connectivity index (χ0n) is 15.4. The fraction of sp³-hybridized carbons (Fsp3) is 0.421. The number of rotatable bonds is 4. The number of anilines is 1. The molecule has 0 radical (unpaired) electrons. The van der Waals surface area contributed by atoms with Crippen molar-refractivity contribution in [2.24, 2.45) is 16.1 Å². The first-order chi connectivity index (χ1) is 13.1. The van der Waals surface area contributed by atoms with E-state index in [4.69, 9.17) is 5.73 Å². The summed E-state index contributed by atoms with van der Waals surface area (Å²) in [5.74, 6) is 0.163. The van der Waals surface area contributed by atoms with Gasteiger partial charge in [-0.25, -0.2) is 0 Å². The van der Waals surface area contributed by atoms with Crippen molar-refractivity contribution in [2.45, 2.75) is 12.8 Å². The number of aromatic nitrogens is 2. The van der Waals surface area contributed by atoms with Gasteiger partial charge in [0, 0.05) is 50.1 Å². The molecule has 2 aliphatic rings. The molecular weight excluding hydrogens is 360 g/mol. The average molecular weight is 385 g/mol. The fourth-order valence-electron chi connectivity index (χ4n) is 3.90. The Kier molecular flexibility index (Phi) is 4.84. The normalized spacial score (nSPS) is 19.6. The van der Waals surface area contributed by atoms with Crippen LogP contribution < -0.4 is 16.0 Å². The number of nitrogens with one attached hydrogen (secondary N) is 1. The van der Waals surface area contributed by atoms with Gasteiger partial charge in [0.25, 0.3) is 0 Å². The van der Waals surface area contributed by atoms with E-state index in [0.29, 0.717) is 11.0 Å². The first-order valence-corrected chi connectivity index (χ1v) is 9.93. The van der Waals surface area contributed by atoms with Gasteiger partial charge in [0.05, 0.1) is 5.56 Å². The highest BCUT2D eigenvalue weighted by atomic mass is 32.1. The number of phenols is 1. The third-order valence-electron chi connectivity index (χ3n) is 5.31. The SMILES string of the molecule is CN=CC(=CN)c1ccc(-c2nnc(N3CC4(CCCNC4)C3)s2)c(O)c1. The average Bonchev–Trinajstić information content (AvgIpc) is 3.14. The van der Waals surface area contributed by atoms with Gasteiger partial charge in [0.1, 0.15) is 5.75 Å². The summed E-state index contributed by atoms with van der Waals surface area (Å²) in [5, 5.41) is 24.3. The van der Waals surface area contributed by atoms with E-state index in [9.17, 15) is 5.11 Å². The second kappa shape index (κ2) is 7.28. The molecule has 0 saturated carbocycles. The highest BCUT2D eigenvalue weighted by Gasteiger charge is 2.44. The molecular formula is C19H24N6OS. The highest BCUT2D eigenvalue weighted by Crippen LogP contribution is 2.42. The van der Waals surface area contributed by atoms with Gasteiger partial charge in [-0.2, -0.15) is 0 Å². The van der Waals surface area contributed by atoms with Crippen molar-refractivity contribution < 1.29 is 5.11 Å². The van der Waals surface area contributed by atoms with Crippen LogP contribution in [0.2, 0.25) is 0 Å². The summed E-state index contributed by atoms with van der Waals surface area (Å²) in [5.41, 5.74) is 8.29. The molecule has 0 bridgehead atoms. The molecule has 8 heteroatoms. The first kappa shape index (κ1) is 17.9. The molecule has 1 aromatic carbocycles. The van der Waals surface area contributed by atoms with E-state index in [1.165, 1.54) is 30.4 Å². The van der Waals surface area contributed by atoms with Crippen molar-refractivity contribution in [3.63, 3.8) is 0 Å². The maximum absolute atomic E-state index is 10.5. The molecule has 142 valence electrons. The molecule has 2 saturated heterocycles. The number of nitrogens with zero attached hydrogens (tertiary/aromatic N) is 4. The van der Waals surface area contributed by atoms with Crippen molar-refractivity contribution >= 4 is 28.3 Å². The van der Waals surface area contributed by atoms with Gasteiger partial charge >= 0.3 is 0 Å². The smallest absolute Gasteiger partial charge is 0.208 e. The standard InChI is InChI=1S/C19H24N6OS/c1-21-9-14(8-20)13-3-4-15(16(26)7-13)17-23-24-18(27-17)25-11-19(12-25)5-2-6-22-10-19/h3-4,7-9,22,26H,2,5-6,10-12,20H2,1H3. The number of hydrogen-bond acceptors (Lipinski definition) is 8. The Labute approximate surface area is 162 Å². The highest BCUT2D eigenvalue weighted by molar-refractivity contribution is 7.18. The van der Waals surface area contributed by atoms with E-state index in [1.807, 2.05) is 12.1 Å². The van der Waals surface area contributed by atoms with E-state index in [-0.39, 0.29) is 5.75 Å². The number of benzene rings is 1. The molecule has 0 aliphatic carbocycles. The Morgan fingerprint density at radius 2 is 2.26 bits per heavy atom. The van der Waals surface area contributed by atoms with E-state index in [1.54, 1.807) is 19.3 Å². The number of piperidine rings is 1. The molecule has 2 aromatic rings. The monoisotopic (exact) mass is 384 g/mol. The fourth-order valence-corrected chi connectivity index (χ4v) is 4.77. The van der Waals surface area contributed by atoms with Crippen LogP contribution >= 0.6 is 11.3 Å². The van der Waals surface area contributed by atoms with Crippen molar-refractivity contribution in [2.75, 3.05) is 38.1 Å². The van der Waals surface area contributed by atoms with E-state index in [2.05, 4.69) is 25.4 Å². The van der Waals surface area contributed by atoms with Gasteiger partial charge in [0.2, 0.25) is 5.13 Å². The summed E-state index contributed by atoms with van der Waals surface area (Å²) in [6, 6.07) is 5.44. The van der Waals surface area contributed by atoms with Gasteiger partial charge in [0.15, 0.2) is 5.01 Å². The molecule has 1 aromatic heterocycles. The summed E-state index contributed by atoms with van der Waals surface area (Å²) < 4.78 is 0. The Balaban J connectivity index is 1.50. The van der Waals surface area contributed by atoms with Crippen molar-refractivity contribution in [1.82, 2.24) is 15.5 Å². The van der Waals surface area contributed by atoms with E-state index in [0.717, 1.165) is 47.5 Å². The molecule has 3 heterocycles. The lowest BCUT2D eigenvalue weighted by Crippen LogP contribution is -2.62. The van der Waals surface area contributed by atoms with Crippen molar-refractivity contribution in [3.8, 4) is 16.3 Å². The maximum atomic E-state index is 10.5. The number of aromatic hydroxyl groups is 1. The topological polar surface area (TPSA) is 99.7 Å². The zero-order chi connectivity index (χ0) is 18.9. The van der Waals surface area contributed by atoms with Crippen molar-refractivity contribution in [1.29, 1.82) is 0 Å². The van der Waals surface area contributed by atoms with Crippen LogP contribution in [0, 0.1) is 5.41 Å². The Morgan fingerprint density at radius 3 is 2.93 bits per heavy atom. The molecule has 2 fully saturated rings. The summed E-state index contributed by atoms with van der Waals surface area (Å²) in [4.78, 5) is 6.27. The quantitative estimate of drug-likeness (QED) is 0.698. The lowest BCUT2D eigenvalue weighted by Gasteiger charge is -2.52. The van der Waals surface area contributed by atoms with Crippen LogP contribution in [0.3, 0.4) is 0 Å². The largest absolute Gasteiger partial charge is 0.507 e. The Hall–Kier alpha value is -2.45. The molecule has 0 unspecified atom stereocenters. The van der Waals surface area contributed by atoms with Crippen LogP contribution in [-0.2, 0) is 0 Å². The number of allylic oxidation sites excluding steroid dienone is 1. The second-order valence-corrected chi connectivity index (χ2v) is 8.22. The van der Waals surface area contributed by atoms with E-state index >= 15 is 0 Å². The first-order valence-electron chi connectivity index (χ1n) is 9.11. The molecule has 0 amide bonds. The predicted molar refractivity (Wildman–Crippen MR) is 110 cm³/mol. The van der Waals surface area contributed by atoms with Crippen LogP contribution in [0.1, 0.15) is 18.4 Å². The molecule has 4 N–H and O–H groups in total. The van der Waals surface area contributed by atoms with Crippen LogP contribution in [0.25, 0.3) is 16.1 Å². The molecule has 0 atom stereocenters. The molecule has 7 nitrogen and oxygen atoms in total. The van der Waals surface area contributed by atoms with Crippen LogP contribution in [0.15, 0.2) is 29.4 Å². The lowest BCUT2D eigenvalue weighted by molar-refractivity contribution is 0.156. The van der Waals surface area contributed by atoms with Gasteiger partial charge < -0.3 is 21.1 Å². The summed E-state index contributed by atoms with van der Waals surface area (Å²) in [6.07, 6.45) is 5.67. The Bertz CT molecular complexity index is 876. The summed E-state index contributed by atoms with van der Waals surface area (Å²) in [7, 11) is 1.68. The van der Waals surface area contributed by atoms with Gasteiger partial charge in [-0.05, 0) is 37.1 Å². The zero-order valence-corrected chi connectivity index (χ0v) is 16.2. The third-order valence-corrected chi connectivity index (χ3v) is 6.32. The minimum absolute atomic E-state index is 0.163. The number of aliphatic imine (C=N–C) groups is 1. The van der Waals surface area contributed by atoms with Crippen molar-refractivity contribution in [3.05, 3.63) is 30.0 Å². The molecule has 1 spiro atoms. The molecule has 2 aliphatic heterocycles. The van der Waals surface area contributed by atoms with Crippen LogP contribution in [-0.4, -0.2) is 54.7 Å². The van der Waals surface area contributed by atoms with Gasteiger partial charge in [-0.15, -0.1) is 10.2 Å². The number of nitrogens with two attached hydrogens (primary N) is 1. The maximum Gasteiger partial charge on any atom is 0.208 e. The second-order valence-electron chi connectivity index (χ2n) is 7.27. The molecule has 4 rings (SSSR count). The number of hydrogen-bond donors (Lipinski definition) is 3.